The third-order valence-corrected chi connectivity index (χ3v) is 3.81. The third kappa shape index (κ3) is 3.22. The highest BCUT2D eigenvalue weighted by Gasteiger charge is 2.30. The molecular weight excluding hydrogens is 229 g/mol. The van der Waals surface area contributed by atoms with E-state index in [1.165, 1.54) is 25.3 Å². The Morgan fingerprint density at radius 3 is 2.78 bits per heavy atom. The average molecular weight is 251 g/mol. The van der Waals surface area contributed by atoms with Crippen molar-refractivity contribution in [1.82, 2.24) is 5.32 Å². The highest BCUT2D eigenvalue weighted by molar-refractivity contribution is 5.28. The lowest BCUT2D eigenvalue weighted by molar-refractivity contribution is 0.363. The molecule has 0 bridgehead atoms. The fourth-order valence-corrected chi connectivity index (χ4v) is 2.66. The summed E-state index contributed by atoms with van der Waals surface area (Å²) in [6.45, 7) is 5.18. The zero-order valence-electron chi connectivity index (χ0n) is 11.4. The molecule has 2 nitrogen and oxygen atoms in total. The fraction of sp³-hybridized carbons (Fsp3) is 0.600. The summed E-state index contributed by atoms with van der Waals surface area (Å²) < 4.78 is 18.7. The van der Waals surface area contributed by atoms with Crippen LogP contribution in [0.3, 0.4) is 0 Å². The van der Waals surface area contributed by atoms with Crippen molar-refractivity contribution in [2.45, 2.75) is 45.7 Å². The molecule has 1 aliphatic rings. The van der Waals surface area contributed by atoms with Crippen LogP contribution in [-0.4, -0.2) is 13.2 Å². The summed E-state index contributed by atoms with van der Waals surface area (Å²) in [5, 5.41) is 3.45. The van der Waals surface area contributed by atoms with Gasteiger partial charge in [-0.25, -0.2) is 4.39 Å². The summed E-state index contributed by atoms with van der Waals surface area (Å²) in [6.07, 6.45) is 3.60. The van der Waals surface area contributed by atoms with Crippen LogP contribution in [0.25, 0.3) is 0 Å². The third-order valence-electron chi connectivity index (χ3n) is 3.81. The number of halogens is 1. The van der Waals surface area contributed by atoms with Gasteiger partial charge < -0.3 is 10.1 Å². The van der Waals surface area contributed by atoms with Gasteiger partial charge in [0.1, 0.15) is 11.6 Å². The highest BCUT2D eigenvalue weighted by Crippen LogP contribution is 2.37. The molecule has 1 aromatic carbocycles. The Morgan fingerprint density at radius 1 is 1.44 bits per heavy atom. The van der Waals surface area contributed by atoms with Crippen molar-refractivity contribution in [3.63, 3.8) is 0 Å². The normalized spacial score (nSPS) is 22.1. The minimum atomic E-state index is -0.195. The van der Waals surface area contributed by atoms with Crippen LogP contribution in [-0.2, 0) is 6.54 Å². The standard InChI is InChI=1S/C15H22FNO/c1-15(2)7-6-12(9-15)17-10-11-4-5-13(18-3)8-14(11)16/h4-5,8,12,17H,6-7,9-10H2,1-3H3. The molecule has 1 aliphatic carbocycles. The minimum Gasteiger partial charge on any atom is -0.497 e. The van der Waals surface area contributed by atoms with Gasteiger partial charge in [-0.1, -0.05) is 19.9 Å². The Labute approximate surface area is 109 Å². The maximum atomic E-state index is 13.7. The Hall–Kier alpha value is -1.09. The van der Waals surface area contributed by atoms with Gasteiger partial charge in [-0.2, -0.15) is 0 Å². The Kier molecular flexibility index (Phi) is 3.91. The second-order valence-corrected chi connectivity index (χ2v) is 5.94. The van der Waals surface area contributed by atoms with E-state index < -0.39 is 0 Å². The maximum absolute atomic E-state index is 13.7. The summed E-state index contributed by atoms with van der Waals surface area (Å²) in [5.74, 6) is 0.373. The first-order valence-corrected chi connectivity index (χ1v) is 6.56. The van der Waals surface area contributed by atoms with E-state index in [0.29, 0.717) is 29.3 Å². The number of hydrogen-bond acceptors (Lipinski definition) is 2. The molecule has 1 unspecified atom stereocenters. The van der Waals surface area contributed by atoms with Crippen LogP contribution in [0.4, 0.5) is 4.39 Å². The molecule has 1 atom stereocenters. The summed E-state index contributed by atoms with van der Waals surface area (Å²) in [5.41, 5.74) is 1.14. The molecule has 2 rings (SSSR count). The van der Waals surface area contributed by atoms with Crippen LogP contribution >= 0.6 is 0 Å². The van der Waals surface area contributed by atoms with Gasteiger partial charge in [-0.05, 0) is 30.7 Å². The predicted octanol–water partition coefficient (Wildman–Crippen LogP) is 3.50. The molecular formula is C15H22FNO. The number of benzene rings is 1. The molecule has 0 saturated heterocycles. The van der Waals surface area contributed by atoms with Crippen molar-refractivity contribution in [2.75, 3.05) is 7.11 Å². The molecule has 1 N–H and O–H groups in total. The van der Waals surface area contributed by atoms with E-state index in [-0.39, 0.29) is 5.82 Å². The van der Waals surface area contributed by atoms with Crippen LogP contribution < -0.4 is 10.1 Å². The first-order valence-electron chi connectivity index (χ1n) is 6.56. The van der Waals surface area contributed by atoms with Crippen molar-refractivity contribution in [3.05, 3.63) is 29.6 Å². The molecule has 0 spiro atoms. The Morgan fingerprint density at radius 2 is 2.22 bits per heavy atom. The molecule has 1 fully saturated rings. The zero-order chi connectivity index (χ0) is 13.2. The first-order chi connectivity index (χ1) is 8.50. The van der Waals surface area contributed by atoms with Crippen LogP contribution in [0.2, 0.25) is 0 Å². The van der Waals surface area contributed by atoms with Gasteiger partial charge in [0.2, 0.25) is 0 Å². The summed E-state index contributed by atoms with van der Waals surface area (Å²) >= 11 is 0. The molecule has 18 heavy (non-hydrogen) atoms. The Bertz CT molecular complexity index is 417. The summed E-state index contributed by atoms with van der Waals surface area (Å²) in [7, 11) is 1.55. The lowest BCUT2D eigenvalue weighted by Crippen LogP contribution is -2.27. The van der Waals surface area contributed by atoms with E-state index in [9.17, 15) is 4.39 Å². The number of methoxy groups -OCH3 is 1. The first kappa shape index (κ1) is 13.3. The van der Waals surface area contributed by atoms with E-state index in [2.05, 4.69) is 19.2 Å². The molecule has 100 valence electrons. The number of nitrogens with one attached hydrogen (secondary N) is 1. The van der Waals surface area contributed by atoms with Crippen LogP contribution in [0.1, 0.15) is 38.7 Å². The van der Waals surface area contributed by atoms with Gasteiger partial charge in [0.05, 0.1) is 7.11 Å². The second kappa shape index (κ2) is 5.27. The van der Waals surface area contributed by atoms with E-state index in [1.807, 2.05) is 0 Å². The van der Waals surface area contributed by atoms with Crippen molar-refractivity contribution in [3.8, 4) is 5.75 Å². The number of rotatable bonds is 4. The zero-order valence-corrected chi connectivity index (χ0v) is 11.4. The van der Waals surface area contributed by atoms with E-state index >= 15 is 0 Å². The van der Waals surface area contributed by atoms with E-state index in [0.717, 1.165) is 0 Å². The molecule has 0 heterocycles. The Balaban J connectivity index is 1.91. The summed E-state index contributed by atoms with van der Waals surface area (Å²) in [6, 6.07) is 5.55. The van der Waals surface area contributed by atoms with Gasteiger partial charge in [-0.15, -0.1) is 0 Å². The largest absolute Gasteiger partial charge is 0.497 e. The SMILES string of the molecule is COc1ccc(CNC2CCC(C)(C)C2)c(F)c1. The lowest BCUT2D eigenvalue weighted by Gasteiger charge is -2.18. The molecule has 3 heteroatoms. The van der Waals surface area contributed by atoms with Gasteiger partial charge in [0, 0.05) is 24.2 Å². The van der Waals surface area contributed by atoms with Crippen molar-refractivity contribution in [1.29, 1.82) is 0 Å². The molecule has 0 radical (unpaired) electrons. The highest BCUT2D eigenvalue weighted by atomic mass is 19.1. The summed E-state index contributed by atoms with van der Waals surface area (Å²) in [4.78, 5) is 0. The van der Waals surface area contributed by atoms with Crippen LogP contribution in [0, 0.1) is 11.2 Å². The number of ether oxygens (including phenoxy) is 1. The topological polar surface area (TPSA) is 21.3 Å². The minimum absolute atomic E-state index is 0.195. The quantitative estimate of drug-likeness (QED) is 0.884. The van der Waals surface area contributed by atoms with Crippen molar-refractivity contribution in [2.24, 2.45) is 5.41 Å². The maximum Gasteiger partial charge on any atom is 0.131 e. The van der Waals surface area contributed by atoms with E-state index in [1.54, 1.807) is 19.2 Å². The average Bonchev–Trinajstić information content (AvgIpc) is 2.67. The molecule has 0 amide bonds. The monoisotopic (exact) mass is 251 g/mol. The van der Waals surface area contributed by atoms with Crippen molar-refractivity contribution >= 4 is 0 Å². The molecule has 1 saturated carbocycles. The fourth-order valence-electron chi connectivity index (χ4n) is 2.66. The smallest absolute Gasteiger partial charge is 0.131 e. The molecule has 0 aliphatic heterocycles. The number of hydrogen-bond donors (Lipinski definition) is 1. The van der Waals surface area contributed by atoms with Crippen LogP contribution in [0.15, 0.2) is 18.2 Å². The molecule has 1 aromatic rings. The lowest BCUT2D eigenvalue weighted by atomic mass is 9.92. The molecule has 0 aromatic heterocycles. The van der Waals surface area contributed by atoms with Gasteiger partial charge in [-0.3, -0.25) is 0 Å². The second-order valence-electron chi connectivity index (χ2n) is 5.94. The van der Waals surface area contributed by atoms with Gasteiger partial charge >= 0.3 is 0 Å². The van der Waals surface area contributed by atoms with Gasteiger partial charge in [0.15, 0.2) is 0 Å². The van der Waals surface area contributed by atoms with E-state index in [4.69, 9.17) is 4.74 Å². The van der Waals surface area contributed by atoms with Gasteiger partial charge in [0.25, 0.3) is 0 Å². The van der Waals surface area contributed by atoms with Crippen molar-refractivity contribution < 1.29 is 9.13 Å². The van der Waals surface area contributed by atoms with Crippen LogP contribution in [0.5, 0.6) is 5.75 Å². The predicted molar refractivity (Wildman–Crippen MR) is 71.2 cm³/mol.